The van der Waals surface area contributed by atoms with Gasteiger partial charge in [-0.25, -0.2) is 0 Å². The largest absolute Gasteiger partial charge is 0.390 e. The summed E-state index contributed by atoms with van der Waals surface area (Å²) in [6.45, 7) is 0.719. The molecule has 2 fully saturated rings. The van der Waals surface area contributed by atoms with Crippen molar-refractivity contribution in [3.8, 4) is 0 Å². The van der Waals surface area contributed by atoms with Crippen molar-refractivity contribution in [2.24, 2.45) is 0 Å². The van der Waals surface area contributed by atoms with Gasteiger partial charge in [-0.3, -0.25) is 4.90 Å². The molecule has 6 atom stereocenters. The fourth-order valence-electron chi connectivity index (χ4n) is 2.47. The van der Waals surface area contributed by atoms with Gasteiger partial charge in [0.1, 0.15) is 12.2 Å². The van der Waals surface area contributed by atoms with Gasteiger partial charge in [-0.1, -0.05) is 0 Å². The zero-order valence-electron chi connectivity index (χ0n) is 8.27. The monoisotopic (exact) mass is 219 g/mol. The lowest BCUT2D eigenvalue weighted by molar-refractivity contribution is -0.189. The third-order valence-corrected chi connectivity index (χ3v) is 3.39. The van der Waals surface area contributed by atoms with Gasteiger partial charge in [0.2, 0.25) is 0 Å². The molecule has 2 aliphatic heterocycles. The van der Waals surface area contributed by atoms with Gasteiger partial charge < -0.3 is 25.5 Å². The van der Waals surface area contributed by atoms with Gasteiger partial charge in [-0.2, -0.15) is 0 Å². The normalized spacial score (nSPS) is 52.6. The maximum atomic E-state index is 9.71. The molecule has 0 bridgehead atoms. The van der Waals surface area contributed by atoms with Crippen molar-refractivity contribution >= 4 is 0 Å². The lowest BCUT2D eigenvalue weighted by Crippen LogP contribution is -2.69. The maximum Gasteiger partial charge on any atom is 0.109 e. The van der Waals surface area contributed by atoms with E-state index in [0.717, 1.165) is 0 Å². The quantitative estimate of drug-likeness (QED) is 0.295. The van der Waals surface area contributed by atoms with Gasteiger partial charge in [0, 0.05) is 13.1 Å². The molecule has 5 N–H and O–H groups in total. The number of hydrogen-bond acceptors (Lipinski definition) is 6. The molecule has 0 aromatic heterocycles. The van der Waals surface area contributed by atoms with Crippen LogP contribution in [0.5, 0.6) is 0 Å². The summed E-state index contributed by atoms with van der Waals surface area (Å²) in [5.74, 6) is 0. The third kappa shape index (κ3) is 1.77. The highest BCUT2D eigenvalue weighted by molar-refractivity contribution is 5.02. The van der Waals surface area contributed by atoms with Crippen molar-refractivity contribution in [1.82, 2.24) is 4.90 Å². The van der Waals surface area contributed by atoms with E-state index >= 15 is 0 Å². The number of aliphatic hydroxyl groups excluding tert-OH is 5. The van der Waals surface area contributed by atoms with Crippen LogP contribution in [-0.4, -0.2) is 80.1 Å². The summed E-state index contributed by atoms with van der Waals surface area (Å²) in [6.07, 6.45) is -5.02. The number of rotatable bonds is 0. The van der Waals surface area contributed by atoms with Gasteiger partial charge in [0.25, 0.3) is 0 Å². The average molecular weight is 219 g/mol. The van der Waals surface area contributed by atoms with Crippen LogP contribution < -0.4 is 0 Å². The summed E-state index contributed by atoms with van der Waals surface area (Å²) in [6, 6.07) is -0.688. The molecule has 0 aromatic rings. The predicted octanol–water partition coefficient (Wildman–Crippen LogP) is -3.12. The number of piperidine rings is 2. The molecule has 0 saturated carbocycles. The second-order valence-electron chi connectivity index (χ2n) is 4.38. The van der Waals surface area contributed by atoms with E-state index in [0.29, 0.717) is 13.0 Å². The number of hydrogen-bond donors (Lipinski definition) is 5. The molecule has 0 amide bonds. The first-order chi connectivity index (χ1) is 7.02. The minimum atomic E-state index is -1.26. The first kappa shape index (κ1) is 11.3. The van der Waals surface area contributed by atoms with E-state index in [1.807, 2.05) is 0 Å². The van der Waals surface area contributed by atoms with Crippen LogP contribution in [0.4, 0.5) is 0 Å². The van der Waals surface area contributed by atoms with Gasteiger partial charge in [-0.15, -0.1) is 0 Å². The van der Waals surface area contributed by atoms with Crippen LogP contribution in [0.2, 0.25) is 0 Å². The summed E-state index contributed by atoms with van der Waals surface area (Å²) < 4.78 is 0. The topological polar surface area (TPSA) is 104 Å². The van der Waals surface area contributed by atoms with Crippen LogP contribution in [0, 0.1) is 0 Å². The molecule has 2 rings (SSSR count). The Balaban J connectivity index is 2.16. The first-order valence-corrected chi connectivity index (χ1v) is 5.16. The Labute approximate surface area is 87.4 Å². The molecule has 15 heavy (non-hydrogen) atoms. The van der Waals surface area contributed by atoms with Gasteiger partial charge in [0.15, 0.2) is 0 Å². The molecule has 2 aliphatic rings. The highest BCUT2D eigenvalue weighted by Gasteiger charge is 2.48. The zero-order valence-corrected chi connectivity index (χ0v) is 8.27. The molecule has 0 radical (unpaired) electrons. The van der Waals surface area contributed by atoms with Crippen LogP contribution in [0.1, 0.15) is 6.42 Å². The van der Waals surface area contributed by atoms with Crippen molar-refractivity contribution in [3.05, 3.63) is 0 Å². The fraction of sp³-hybridized carbons (Fsp3) is 1.00. The molecule has 6 heteroatoms. The molecule has 6 nitrogen and oxygen atoms in total. The Hall–Kier alpha value is -0.240. The molecule has 88 valence electrons. The van der Waals surface area contributed by atoms with Gasteiger partial charge in [-0.05, 0) is 6.42 Å². The highest BCUT2D eigenvalue weighted by atomic mass is 16.4. The average Bonchev–Trinajstić information content (AvgIpc) is 2.20. The Morgan fingerprint density at radius 1 is 0.800 bits per heavy atom. The second-order valence-corrected chi connectivity index (χ2v) is 4.38. The van der Waals surface area contributed by atoms with E-state index in [2.05, 4.69) is 0 Å². The van der Waals surface area contributed by atoms with Gasteiger partial charge in [0.05, 0.1) is 24.4 Å². The number of nitrogens with zero attached hydrogens (tertiary/aromatic N) is 1. The molecule has 2 saturated heterocycles. The van der Waals surface area contributed by atoms with Crippen molar-refractivity contribution in [1.29, 1.82) is 0 Å². The van der Waals surface area contributed by atoms with Crippen LogP contribution in [0.15, 0.2) is 0 Å². The summed E-state index contributed by atoms with van der Waals surface area (Å²) in [5, 5.41) is 47.8. The highest BCUT2D eigenvalue weighted by Crippen LogP contribution is 2.27. The van der Waals surface area contributed by atoms with E-state index in [4.69, 9.17) is 0 Å². The Morgan fingerprint density at radius 2 is 1.47 bits per heavy atom. The smallest absolute Gasteiger partial charge is 0.109 e. The second kappa shape index (κ2) is 3.97. The summed E-state index contributed by atoms with van der Waals surface area (Å²) in [4.78, 5) is 1.71. The van der Waals surface area contributed by atoms with Crippen molar-refractivity contribution in [3.63, 3.8) is 0 Å². The Kier molecular flexibility index (Phi) is 2.98. The van der Waals surface area contributed by atoms with Crippen LogP contribution in [0.25, 0.3) is 0 Å². The molecule has 0 unspecified atom stereocenters. The Morgan fingerprint density at radius 3 is 2.13 bits per heavy atom. The molecule has 0 aromatic carbocycles. The van der Waals surface area contributed by atoms with E-state index < -0.39 is 36.6 Å². The summed E-state index contributed by atoms with van der Waals surface area (Å²) >= 11 is 0. The van der Waals surface area contributed by atoms with E-state index in [9.17, 15) is 25.5 Å². The molecule has 0 aliphatic carbocycles. The zero-order chi connectivity index (χ0) is 11.2. The number of aliphatic hydroxyl groups is 5. The SMILES string of the molecule is O[C@@H]1[C@H]2[C@@H](O)[C@H](O)[C@H](O)CN2CC[C@@H]1O. The molecular formula is C9H17NO5. The predicted molar refractivity (Wildman–Crippen MR) is 50.0 cm³/mol. The number of fused-ring (bicyclic) bond motifs is 1. The standard InChI is InChI=1S/C9H17NO5/c11-4-1-2-10-3-5(12)8(14)9(15)6(10)7(4)13/h4-9,11-15H,1-3H2/t4-,5+,6-,7-,8+,9+/m0/s1. The van der Waals surface area contributed by atoms with Crippen LogP contribution in [0.3, 0.4) is 0 Å². The van der Waals surface area contributed by atoms with E-state index in [1.165, 1.54) is 0 Å². The van der Waals surface area contributed by atoms with Crippen LogP contribution >= 0.6 is 0 Å². The minimum Gasteiger partial charge on any atom is -0.390 e. The van der Waals surface area contributed by atoms with Crippen LogP contribution in [-0.2, 0) is 0 Å². The van der Waals surface area contributed by atoms with Crippen molar-refractivity contribution in [2.45, 2.75) is 43.0 Å². The lowest BCUT2D eigenvalue weighted by Gasteiger charge is -2.49. The minimum absolute atomic E-state index is 0.215. The molecular weight excluding hydrogens is 202 g/mol. The molecule has 2 heterocycles. The van der Waals surface area contributed by atoms with Crippen molar-refractivity contribution < 1.29 is 25.5 Å². The fourth-order valence-corrected chi connectivity index (χ4v) is 2.47. The lowest BCUT2D eigenvalue weighted by atomic mass is 9.84. The van der Waals surface area contributed by atoms with E-state index in [-0.39, 0.29) is 6.54 Å². The molecule has 0 spiro atoms. The summed E-state index contributed by atoms with van der Waals surface area (Å²) in [5.41, 5.74) is 0. The summed E-state index contributed by atoms with van der Waals surface area (Å²) in [7, 11) is 0. The first-order valence-electron chi connectivity index (χ1n) is 5.16. The van der Waals surface area contributed by atoms with E-state index in [1.54, 1.807) is 4.90 Å². The maximum absolute atomic E-state index is 9.71. The van der Waals surface area contributed by atoms with Crippen molar-refractivity contribution in [2.75, 3.05) is 13.1 Å². The third-order valence-electron chi connectivity index (χ3n) is 3.39. The Bertz CT molecular complexity index is 237. The van der Waals surface area contributed by atoms with Gasteiger partial charge >= 0.3 is 0 Å².